The number of carbonyl (C=O) groups excluding carboxylic acids is 1. The normalized spacial score (nSPS) is 25.4. The molecule has 2 atom stereocenters. The lowest BCUT2D eigenvalue weighted by atomic mass is 9.84. The van der Waals surface area contributed by atoms with E-state index in [0.29, 0.717) is 24.3 Å². The Morgan fingerprint density at radius 1 is 0.923 bits per heavy atom. The molecule has 2 aromatic rings. The molecule has 0 N–H and O–H groups in total. The van der Waals surface area contributed by atoms with Crippen LogP contribution in [0.3, 0.4) is 0 Å². The summed E-state index contributed by atoms with van der Waals surface area (Å²) in [6.07, 6.45) is 5.21. The van der Waals surface area contributed by atoms with E-state index in [9.17, 15) is 4.79 Å². The summed E-state index contributed by atoms with van der Waals surface area (Å²) in [6.45, 7) is 5.26. The Balaban J connectivity index is 1.41. The molecule has 136 valence electrons. The Morgan fingerprint density at radius 2 is 1.54 bits per heavy atom. The van der Waals surface area contributed by atoms with Gasteiger partial charge in [0, 0.05) is 31.0 Å². The summed E-state index contributed by atoms with van der Waals surface area (Å²) < 4.78 is 0. The van der Waals surface area contributed by atoms with Crippen LogP contribution in [0.2, 0.25) is 0 Å². The second-order valence-electron chi connectivity index (χ2n) is 8.35. The number of Topliss-reactive ketones (excluding diaryl/α,β-unsaturated/α-hetero) is 1. The van der Waals surface area contributed by atoms with E-state index in [1.54, 1.807) is 0 Å². The van der Waals surface area contributed by atoms with E-state index < -0.39 is 0 Å². The zero-order chi connectivity index (χ0) is 18.1. The van der Waals surface area contributed by atoms with Crippen molar-refractivity contribution in [3.8, 4) is 0 Å². The van der Waals surface area contributed by atoms with Gasteiger partial charge in [-0.15, -0.1) is 0 Å². The van der Waals surface area contributed by atoms with Crippen LogP contribution in [0.1, 0.15) is 47.9 Å². The number of carbonyl (C=O) groups is 1. The molecule has 0 amide bonds. The lowest BCUT2D eigenvalue weighted by molar-refractivity contribution is -0.124. The quantitative estimate of drug-likeness (QED) is 0.770. The first-order chi connectivity index (χ1) is 12.6. The van der Waals surface area contributed by atoms with Crippen molar-refractivity contribution < 1.29 is 4.79 Å². The van der Waals surface area contributed by atoms with Crippen molar-refractivity contribution in [1.82, 2.24) is 4.90 Å². The molecule has 0 saturated carbocycles. The van der Waals surface area contributed by atoms with Gasteiger partial charge in [-0.3, -0.25) is 9.69 Å². The number of piperidine rings is 1. The van der Waals surface area contributed by atoms with Crippen LogP contribution in [-0.2, 0) is 17.8 Å². The van der Waals surface area contributed by atoms with Crippen molar-refractivity contribution in [2.24, 2.45) is 5.92 Å². The Kier molecular flexibility index (Phi) is 4.95. The van der Waals surface area contributed by atoms with Gasteiger partial charge in [0.15, 0.2) is 0 Å². The summed E-state index contributed by atoms with van der Waals surface area (Å²) in [5.41, 5.74) is 5.09. The van der Waals surface area contributed by atoms with Crippen molar-refractivity contribution in [3.63, 3.8) is 0 Å². The third-order valence-electron chi connectivity index (χ3n) is 6.21. The molecule has 2 nitrogen and oxygen atoms in total. The summed E-state index contributed by atoms with van der Waals surface area (Å²) in [5.74, 6) is 0.701. The maximum absolute atomic E-state index is 13.0. The molecule has 0 spiro atoms. The van der Waals surface area contributed by atoms with E-state index in [2.05, 4.69) is 67.3 Å². The number of aryl methyl sites for hydroxylation is 2. The van der Waals surface area contributed by atoms with Crippen LogP contribution in [0, 0.1) is 19.8 Å². The number of benzene rings is 2. The van der Waals surface area contributed by atoms with Crippen molar-refractivity contribution in [3.05, 3.63) is 70.8 Å². The second kappa shape index (κ2) is 7.36. The molecule has 2 aliphatic heterocycles. The highest BCUT2D eigenvalue weighted by molar-refractivity contribution is 5.83. The highest BCUT2D eigenvalue weighted by Crippen LogP contribution is 2.40. The summed E-state index contributed by atoms with van der Waals surface area (Å²) in [7, 11) is 0. The summed E-state index contributed by atoms with van der Waals surface area (Å²) in [6, 6.07) is 18.5. The number of nitrogens with zero attached hydrogens (tertiary/aromatic N) is 1. The molecule has 2 aliphatic rings. The number of hydrogen-bond donors (Lipinski definition) is 0. The average molecular weight is 348 g/mol. The van der Waals surface area contributed by atoms with Gasteiger partial charge in [0.25, 0.3) is 0 Å². The van der Waals surface area contributed by atoms with Crippen LogP contribution in [0.5, 0.6) is 0 Å². The van der Waals surface area contributed by atoms with Gasteiger partial charge in [0.05, 0.1) is 0 Å². The lowest BCUT2D eigenvalue weighted by Crippen LogP contribution is -2.44. The van der Waals surface area contributed by atoms with Gasteiger partial charge >= 0.3 is 0 Å². The Hall–Kier alpha value is -1.93. The van der Waals surface area contributed by atoms with Gasteiger partial charge in [0.1, 0.15) is 5.78 Å². The third kappa shape index (κ3) is 3.76. The van der Waals surface area contributed by atoms with Gasteiger partial charge in [0.2, 0.25) is 0 Å². The van der Waals surface area contributed by atoms with E-state index in [-0.39, 0.29) is 5.92 Å². The van der Waals surface area contributed by atoms with E-state index in [4.69, 9.17) is 0 Å². The molecule has 2 heteroatoms. The summed E-state index contributed by atoms with van der Waals surface area (Å²) in [5, 5.41) is 0. The average Bonchev–Trinajstić information content (AvgIpc) is 2.83. The van der Waals surface area contributed by atoms with E-state index in [1.165, 1.54) is 35.1 Å². The second-order valence-corrected chi connectivity index (χ2v) is 8.35. The monoisotopic (exact) mass is 347 g/mol. The Morgan fingerprint density at radius 3 is 2.15 bits per heavy atom. The van der Waals surface area contributed by atoms with Gasteiger partial charge in [-0.1, -0.05) is 59.7 Å². The maximum atomic E-state index is 13.0. The van der Waals surface area contributed by atoms with Crippen LogP contribution in [0.15, 0.2) is 48.5 Å². The lowest BCUT2D eigenvalue weighted by Gasteiger charge is -2.38. The van der Waals surface area contributed by atoms with Crippen LogP contribution < -0.4 is 0 Å². The van der Waals surface area contributed by atoms with Crippen molar-refractivity contribution in [2.45, 2.75) is 64.6 Å². The zero-order valence-corrected chi connectivity index (χ0v) is 15.9. The van der Waals surface area contributed by atoms with Gasteiger partial charge in [-0.05, 0) is 50.7 Å². The SMILES string of the molecule is Cc1cc(C)cc(CC(=O)C2CC3CCC(C2)N3Cc2ccccc2)c1. The third-order valence-corrected chi connectivity index (χ3v) is 6.21. The maximum Gasteiger partial charge on any atom is 0.140 e. The fourth-order valence-corrected chi connectivity index (χ4v) is 5.11. The molecule has 2 aromatic carbocycles. The van der Waals surface area contributed by atoms with Crippen molar-refractivity contribution in [2.75, 3.05) is 0 Å². The Labute approximate surface area is 157 Å². The van der Waals surface area contributed by atoms with Crippen LogP contribution in [0.25, 0.3) is 0 Å². The first-order valence-electron chi connectivity index (χ1n) is 9.98. The topological polar surface area (TPSA) is 20.3 Å². The summed E-state index contributed by atoms with van der Waals surface area (Å²) >= 11 is 0. The van der Waals surface area contributed by atoms with Gasteiger partial charge in [-0.2, -0.15) is 0 Å². The van der Waals surface area contributed by atoms with Gasteiger partial charge in [-0.25, -0.2) is 0 Å². The number of rotatable bonds is 5. The molecule has 2 heterocycles. The van der Waals surface area contributed by atoms with Crippen molar-refractivity contribution in [1.29, 1.82) is 0 Å². The number of ketones is 1. The van der Waals surface area contributed by atoms with Crippen LogP contribution in [0.4, 0.5) is 0 Å². The molecule has 4 rings (SSSR count). The van der Waals surface area contributed by atoms with Crippen LogP contribution >= 0.6 is 0 Å². The summed E-state index contributed by atoms with van der Waals surface area (Å²) in [4.78, 5) is 15.6. The predicted molar refractivity (Wildman–Crippen MR) is 106 cm³/mol. The molecular formula is C24H29NO. The Bertz CT molecular complexity index is 748. The fraction of sp³-hybridized carbons (Fsp3) is 0.458. The highest BCUT2D eigenvalue weighted by Gasteiger charge is 2.42. The predicted octanol–water partition coefficient (Wildman–Crippen LogP) is 4.86. The van der Waals surface area contributed by atoms with Gasteiger partial charge < -0.3 is 0 Å². The largest absolute Gasteiger partial charge is 0.299 e. The molecule has 0 aliphatic carbocycles. The molecule has 0 radical (unpaired) electrons. The molecular weight excluding hydrogens is 318 g/mol. The van der Waals surface area contributed by atoms with Crippen molar-refractivity contribution >= 4 is 5.78 Å². The van der Waals surface area contributed by atoms with E-state index >= 15 is 0 Å². The van der Waals surface area contributed by atoms with Crippen LogP contribution in [-0.4, -0.2) is 22.8 Å². The zero-order valence-electron chi connectivity index (χ0n) is 15.9. The number of hydrogen-bond acceptors (Lipinski definition) is 2. The van der Waals surface area contributed by atoms with E-state index in [0.717, 1.165) is 19.4 Å². The molecule has 2 bridgehead atoms. The first-order valence-corrected chi connectivity index (χ1v) is 9.98. The molecule has 2 saturated heterocycles. The smallest absolute Gasteiger partial charge is 0.140 e. The minimum Gasteiger partial charge on any atom is -0.299 e. The number of fused-ring (bicyclic) bond motifs is 2. The van der Waals surface area contributed by atoms with E-state index in [1.807, 2.05) is 0 Å². The molecule has 0 aromatic heterocycles. The molecule has 2 unspecified atom stereocenters. The minimum atomic E-state index is 0.250. The molecule has 26 heavy (non-hydrogen) atoms. The molecule has 2 fully saturated rings. The minimum absolute atomic E-state index is 0.250. The standard InChI is InChI=1S/C24H29NO/c1-17-10-18(2)12-20(11-17)13-24(26)21-14-22-8-9-23(15-21)25(22)16-19-6-4-3-5-7-19/h3-7,10-12,21-23H,8-9,13-16H2,1-2H3. The first kappa shape index (κ1) is 17.5. The fourth-order valence-electron chi connectivity index (χ4n) is 5.11. The highest BCUT2D eigenvalue weighted by atomic mass is 16.1.